The van der Waals surface area contributed by atoms with E-state index in [1.165, 1.54) is 0 Å². The Balaban J connectivity index is 2.36. The summed E-state index contributed by atoms with van der Waals surface area (Å²) < 4.78 is 2.63. The summed E-state index contributed by atoms with van der Waals surface area (Å²) in [5.41, 5.74) is 5.63. The van der Waals surface area contributed by atoms with Crippen molar-refractivity contribution in [1.29, 1.82) is 0 Å². The zero-order chi connectivity index (χ0) is 8.55. The third kappa shape index (κ3) is 1.27. The van der Waals surface area contributed by atoms with E-state index in [1.807, 2.05) is 4.68 Å². The summed E-state index contributed by atoms with van der Waals surface area (Å²) in [5, 5.41) is 4.22. The Morgan fingerprint density at radius 3 is 3.25 bits per heavy atom. The molecule has 1 unspecified atom stereocenters. The number of hydrogen-bond acceptors (Lipinski definition) is 3. The molecule has 0 aliphatic carbocycles. The van der Waals surface area contributed by atoms with Crippen LogP contribution in [-0.2, 0) is 6.54 Å². The van der Waals surface area contributed by atoms with Crippen molar-refractivity contribution in [2.45, 2.75) is 25.3 Å². The fraction of sp³-hybridized carbons (Fsp3) is 0.714. The van der Waals surface area contributed by atoms with Crippen LogP contribution in [0, 0.1) is 0 Å². The zero-order valence-electron chi connectivity index (χ0n) is 6.70. The fourth-order valence-electron chi connectivity index (χ4n) is 1.63. The average Bonchev–Trinajstić information content (AvgIpc) is 2.44. The lowest BCUT2D eigenvalue weighted by Crippen LogP contribution is -2.22. The fourth-order valence-corrected chi connectivity index (χ4v) is 2.00. The smallest absolute Gasteiger partial charge is 0.217 e. The number of aromatic nitrogens is 3. The minimum absolute atomic E-state index is 0.401. The predicted molar refractivity (Wildman–Crippen MR) is 48.8 cm³/mol. The van der Waals surface area contributed by atoms with E-state index in [0.29, 0.717) is 17.2 Å². The first-order chi connectivity index (χ1) is 5.81. The Morgan fingerprint density at radius 1 is 1.67 bits per heavy atom. The number of aryl methyl sites for hydroxylation is 1. The Morgan fingerprint density at radius 2 is 2.50 bits per heavy atom. The van der Waals surface area contributed by atoms with Gasteiger partial charge in [-0.3, -0.25) is 0 Å². The first kappa shape index (κ1) is 8.19. The molecule has 1 aliphatic heterocycles. The molecular formula is C7H11BrN4. The summed E-state index contributed by atoms with van der Waals surface area (Å²) in [6, 6.07) is 0. The maximum atomic E-state index is 5.63. The van der Waals surface area contributed by atoms with Crippen LogP contribution < -0.4 is 5.73 Å². The number of halogens is 1. The average molecular weight is 231 g/mol. The van der Waals surface area contributed by atoms with Gasteiger partial charge in [-0.25, -0.2) is 9.67 Å². The highest BCUT2D eigenvalue weighted by molar-refractivity contribution is 9.10. The maximum absolute atomic E-state index is 5.63. The van der Waals surface area contributed by atoms with Crippen LogP contribution >= 0.6 is 15.9 Å². The van der Waals surface area contributed by atoms with Crippen molar-refractivity contribution in [2.75, 3.05) is 6.54 Å². The van der Waals surface area contributed by atoms with Crippen LogP contribution in [0.25, 0.3) is 0 Å². The van der Waals surface area contributed by atoms with E-state index in [4.69, 9.17) is 5.73 Å². The summed E-state index contributed by atoms with van der Waals surface area (Å²) in [5.74, 6) is 1.44. The van der Waals surface area contributed by atoms with Crippen molar-refractivity contribution in [3.63, 3.8) is 0 Å². The van der Waals surface area contributed by atoms with Crippen molar-refractivity contribution in [3.05, 3.63) is 10.6 Å². The topological polar surface area (TPSA) is 56.7 Å². The van der Waals surface area contributed by atoms with Gasteiger partial charge in [0.05, 0.1) is 0 Å². The molecule has 4 nitrogen and oxygen atoms in total. The van der Waals surface area contributed by atoms with Gasteiger partial charge in [-0.15, -0.1) is 5.10 Å². The Labute approximate surface area is 79.3 Å². The first-order valence-corrected chi connectivity index (χ1v) is 4.91. The van der Waals surface area contributed by atoms with E-state index in [1.54, 1.807) is 0 Å². The Bertz CT molecular complexity index is 283. The van der Waals surface area contributed by atoms with E-state index in [0.717, 1.165) is 25.2 Å². The highest BCUT2D eigenvalue weighted by Gasteiger charge is 2.22. The molecule has 0 radical (unpaired) electrons. The molecule has 0 saturated carbocycles. The minimum atomic E-state index is 0.401. The second kappa shape index (κ2) is 3.14. The number of nitrogens with zero attached hydrogens (tertiary/aromatic N) is 3. The molecule has 2 rings (SSSR count). The van der Waals surface area contributed by atoms with E-state index >= 15 is 0 Å². The molecule has 0 amide bonds. The second-order valence-corrected chi connectivity index (χ2v) is 3.75. The maximum Gasteiger partial charge on any atom is 0.217 e. The lowest BCUT2D eigenvalue weighted by atomic mass is 10.00. The van der Waals surface area contributed by atoms with Gasteiger partial charge in [0.25, 0.3) is 0 Å². The third-order valence-corrected chi connectivity index (χ3v) is 2.58. The van der Waals surface area contributed by atoms with Crippen LogP contribution in [0.3, 0.4) is 0 Å². The van der Waals surface area contributed by atoms with Crippen LogP contribution in [0.4, 0.5) is 0 Å². The molecule has 2 heterocycles. The normalized spacial score (nSPS) is 22.3. The number of rotatable bonds is 1. The second-order valence-electron chi connectivity index (χ2n) is 3.04. The van der Waals surface area contributed by atoms with Gasteiger partial charge in [-0.1, -0.05) is 0 Å². The van der Waals surface area contributed by atoms with E-state index < -0.39 is 0 Å². The molecule has 1 aromatic rings. The van der Waals surface area contributed by atoms with Crippen molar-refractivity contribution in [3.8, 4) is 0 Å². The molecule has 12 heavy (non-hydrogen) atoms. The summed E-state index contributed by atoms with van der Waals surface area (Å²) in [4.78, 5) is 4.29. The van der Waals surface area contributed by atoms with E-state index in [2.05, 4.69) is 26.0 Å². The van der Waals surface area contributed by atoms with Crippen molar-refractivity contribution >= 4 is 15.9 Å². The molecule has 0 fully saturated rings. The number of fused-ring (bicyclic) bond motifs is 1. The van der Waals surface area contributed by atoms with Crippen molar-refractivity contribution < 1.29 is 0 Å². The van der Waals surface area contributed by atoms with Gasteiger partial charge in [0.15, 0.2) is 0 Å². The molecule has 0 spiro atoms. The van der Waals surface area contributed by atoms with Crippen LogP contribution in [0.15, 0.2) is 4.73 Å². The summed E-state index contributed by atoms with van der Waals surface area (Å²) >= 11 is 3.27. The summed E-state index contributed by atoms with van der Waals surface area (Å²) in [6.07, 6.45) is 2.30. The third-order valence-electron chi connectivity index (χ3n) is 2.25. The van der Waals surface area contributed by atoms with Gasteiger partial charge < -0.3 is 5.73 Å². The number of nitrogens with two attached hydrogens (primary N) is 1. The molecular weight excluding hydrogens is 220 g/mol. The summed E-state index contributed by atoms with van der Waals surface area (Å²) in [6.45, 7) is 1.65. The molecule has 0 saturated heterocycles. The van der Waals surface area contributed by atoms with Gasteiger partial charge in [-0.05, 0) is 28.8 Å². The molecule has 1 aromatic heterocycles. The van der Waals surface area contributed by atoms with Crippen molar-refractivity contribution in [1.82, 2.24) is 14.8 Å². The largest absolute Gasteiger partial charge is 0.330 e. The zero-order valence-corrected chi connectivity index (χ0v) is 8.29. The van der Waals surface area contributed by atoms with Crippen LogP contribution in [-0.4, -0.2) is 21.3 Å². The highest BCUT2D eigenvalue weighted by Crippen LogP contribution is 2.25. The lowest BCUT2D eigenvalue weighted by molar-refractivity contribution is 0.419. The van der Waals surface area contributed by atoms with Crippen LogP contribution in [0.1, 0.15) is 24.6 Å². The minimum Gasteiger partial charge on any atom is -0.330 e. The molecule has 66 valence electrons. The SMILES string of the molecule is NCC1CCCn2nc(Br)nc21. The Hall–Kier alpha value is -0.420. The van der Waals surface area contributed by atoms with Gasteiger partial charge in [-0.2, -0.15) is 0 Å². The standard InChI is InChI=1S/C7H11BrN4/c8-7-10-6-5(4-9)2-1-3-12(6)11-7/h5H,1-4,9H2. The molecule has 1 atom stereocenters. The molecule has 0 aromatic carbocycles. The van der Waals surface area contributed by atoms with Gasteiger partial charge in [0, 0.05) is 19.0 Å². The van der Waals surface area contributed by atoms with Gasteiger partial charge >= 0.3 is 0 Å². The van der Waals surface area contributed by atoms with Crippen LogP contribution in [0.2, 0.25) is 0 Å². The monoisotopic (exact) mass is 230 g/mol. The molecule has 2 N–H and O–H groups in total. The number of hydrogen-bond donors (Lipinski definition) is 1. The predicted octanol–water partition coefficient (Wildman–Crippen LogP) is 0.877. The lowest BCUT2D eigenvalue weighted by Gasteiger charge is -2.19. The van der Waals surface area contributed by atoms with E-state index in [9.17, 15) is 0 Å². The van der Waals surface area contributed by atoms with Gasteiger partial charge in [0.2, 0.25) is 4.73 Å². The van der Waals surface area contributed by atoms with Crippen molar-refractivity contribution in [2.24, 2.45) is 5.73 Å². The summed E-state index contributed by atoms with van der Waals surface area (Å²) in [7, 11) is 0. The quantitative estimate of drug-likeness (QED) is 0.780. The van der Waals surface area contributed by atoms with E-state index in [-0.39, 0.29) is 0 Å². The molecule has 5 heteroatoms. The van der Waals surface area contributed by atoms with Gasteiger partial charge in [0.1, 0.15) is 5.82 Å². The first-order valence-electron chi connectivity index (χ1n) is 4.11. The molecule has 0 bridgehead atoms. The molecule has 1 aliphatic rings. The highest BCUT2D eigenvalue weighted by atomic mass is 79.9. The van der Waals surface area contributed by atoms with Crippen LogP contribution in [0.5, 0.6) is 0 Å². The Kier molecular flexibility index (Phi) is 2.14.